The highest BCUT2D eigenvalue weighted by atomic mass is 15.2. The maximum Gasteiger partial charge on any atom is 0.0284 e. The first-order chi connectivity index (χ1) is 8.08. The Labute approximate surface area is 105 Å². The molecule has 2 nitrogen and oxygen atoms in total. The molecule has 2 atom stereocenters. The molecule has 0 aromatic heterocycles. The molecular weight excluding hydrogens is 208 g/mol. The summed E-state index contributed by atoms with van der Waals surface area (Å²) in [6.07, 6.45) is 1.15. The van der Waals surface area contributed by atoms with E-state index in [0.717, 1.165) is 19.5 Å². The predicted molar refractivity (Wildman–Crippen MR) is 73.5 cm³/mol. The molecular formula is C15H24N2. The standard InChI is InChI=1S/C15H24N2/c1-11-5-6-12(2)14(9-11)10-15-13(3)16-7-8-17(15)4/h5-6,9,13,15-16H,7-8,10H2,1-4H3. The molecule has 1 heterocycles. The lowest BCUT2D eigenvalue weighted by Gasteiger charge is -2.38. The average Bonchev–Trinajstić information content (AvgIpc) is 2.28. The van der Waals surface area contributed by atoms with Crippen molar-refractivity contribution < 1.29 is 0 Å². The number of nitrogens with one attached hydrogen (secondary N) is 1. The molecule has 17 heavy (non-hydrogen) atoms. The molecule has 0 amide bonds. The van der Waals surface area contributed by atoms with Crippen molar-refractivity contribution >= 4 is 0 Å². The van der Waals surface area contributed by atoms with E-state index < -0.39 is 0 Å². The van der Waals surface area contributed by atoms with Crippen molar-refractivity contribution in [1.82, 2.24) is 10.2 Å². The van der Waals surface area contributed by atoms with Crippen LogP contribution in [0.15, 0.2) is 18.2 Å². The van der Waals surface area contributed by atoms with Gasteiger partial charge in [0.25, 0.3) is 0 Å². The summed E-state index contributed by atoms with van der Waals surface area (Å²) in [4.78, 5) is 2.49. The second-order valence-electron chi connectivity index (χ2n) is 5.42. The molecule has 1 fully saturated rings. The Bertz CT molecular complexity index is 377. The minimum atomic E-state index is 0.577. The van der Waals surface area contributed by atoms with Gasteiger partial charge in [-0.2, -0.15) is 0 Å². The van der Waals surface area contributed by atoms with Gasteiger partial charge in [-0.05, 0) is 45.4 Å². The molecule has 1 aliphatic rings. The molecule has 1 aromatic carbocycles. The molecule has 2 rings (SSSR count). The van der Waals surface area contributed by atoms with E-state index in [-0.39, 0.29) is 0 Å². The Morgan fingerprint density at radius 1 is 1.35 bits per heavy atom. The lowest BCUT2D eigenvalue weighted by atomic mass is 9.94. The van der Waals surface area contributed by atoms with Crippen molar-refractivity contribution in [3.05, 3.63) is 34.9 Å². The fourth-order valence-corrected chi connectivity index (χ4v) is 2.73. The van der Waals surface area contributed by atoms with Crippen LogP contribution in [0.1, 0.15) is 23.6 Å². The molecule has 2 unspecified atom stereocenters. The van der Waals surface area contributed by atoms with Gasteiger partial charge in [0.15, 0.2) is 0 Å². The van der Waals surface area contributed by atoms with Crippen LogP contribution in [-0.4, -0.2) is 37.1 Å². The molecule has 0 bridgehead atoms. The largest absolute Gasteiger partial charge is 0.311 e. The number of benzene rings is 1. The lowest BCUT2D eigenvalue weighted by Crippen LogP contribution is -2.56. The molecule has 0 spiro atoms. The van der Waals surface area contributed by atoms with Gasteiger partial charge in [-0.1, -0.05) is 23.8 Å². The van der Waals surface area contributed by atoms with Crippen LogP contribution in [0.2, 0.25) is 0 Å². The average molecular weight is 232 g/mol. The third-order valence-electron chi connectivity index (χ3n) is 4.01. The Balaban J connectivity index is 2.16. The van der Waals surface area contributed by atoms with Crippen molar-refractivity contribution in [2.24, 2.45) is 0 Å². The summed E-state index contributed by atoms with van der Waals surface area (Å²) in [7, 11) is 2.24. The van der Waals surface area contributed by atoms with E-state index in [0.29, 0.717) is 12.1 Å². The van der Waals surface area contributed by atoms with Gasteiger partial charge in [-0.3, -0.25) is 0 Å². The zero-order valence-electron chi connectivity index (χ0n) is 11.5. The van der Waals surface area contributed by atoms with Gasteiger partial charge in [0.05, 0.1) is 0 Å². The first-order valence-corrected chi connectivity index (χ1v) is 6.57. The second kappa shape index (κ2) is 5.19. The highest BCUT2D eigenvalue weighted by molar-refractivity contribution is 5.31. The summed E-state index contributed by atoms with van der Waals surface area (Å²) >= 11 is 0. The van der Waals surface area contributed by atoms with Crippen LogP contribution in [0, 0.1) is 13.8 Å². The molecule has 1 aliphatic heterocycles. The Morgan fingerprint density at radius 2 is 2.12 bits per heavy atom. The van der Waals surface area contributed by atoms with Crippen molar-refractivity contribution in [1.29, 1.82) is 0 Å². The number of likely N-dealkylation sites (N-methyl/N-ethyl adjacent to an activating group) is 1. The zero-order valence-corrected chi connectivity index (χ0v) is 11.5. The number of piperazine rings is 1. The summed E-state index contributed by atoms with van der Waals surface area (Å²) in [5.41, 5.74) is 4.28. The van der Waals surface area contributed by atoms with Crippen LogP contribution in [0.3, 0.4) is 0 Å². The van der Waals surface area contributed by atoms with Crippen LogP contribution in [0.25, 0.3) is 0 Å². The predicted octanol–water partition coefficient (Wildman–Crippen LogP) is 2.14. The highest BCUT2D eigenvalue weighted by Crippen LogP contribution is 2.18. The number of rotatable bonds is 2. The van der Waals surface area contributed by atoms with Crippen LogP contribution in [0.5, 0.6) is 0 Å². The van der Waals surface area contributed by atoms with Gasteiger partial charge in [0, 0.05) is 25.2 Å². The SMILES string of the molecule is Cc1ccc(C)c(CC2C(C)NCCN2C)c1. The van der Waals surface area contributed by atoms with Gasteiger partial charge >= 0.3 is 0 Å². The number of nitrogens with zero attached hydrogens (tertiary/aromatic N) is 1. The van der Waals surface area contributed by atoms with Gasteiger partial charge in [0.2, 0.25) is 0 Å². The summed E-state index contributed by atoms with van der Waals surface area (Å²) in [5.74, 6) is 0. The summed E-state index contributed by atoms with van der Waals surface area (Å²) in [6, 6.07) is 7.97. The minimum Gasteiger partial charge on any atom is -0.311 e. The van der Waals surface area contributed by atoms with Gasteiger partial charge < -0.3 is 10.2 Å². The number of hydrogen-bond acceptors (Lipinski definition) is 2. The van der Waals surface area contributed by atoms with Crippen LogP contribution in [-0.2, 0) is 6.42 Å². The first kappa shape index (κ1) is 12.6. The minimum absolute atomic E-state index is 0.577. The van der Waals surface area contributed by atoms with E-state index in [1.165, 1.54) is 16.7 Å². The third-order valence-corrected chi connectivity index (χ3v) is 4.01. The third kappa shape index (κ3) is 2.88. The molecule has 2 heteroatoms. The fourth-order valence-electron chi connectivity index (χ4n) is 2.73. The van der Waals surface area contributed by atoms with E-state index in [1.807, 2.05) is 0 Å². The molecule has 0 aliphatic carbocycles. The topological polar surface area (TPSA) is 15.3 Å². The lowest BCUT2D eigenvalue weighted by molar-refractivity contribution is 0.157. The Kier molecular flexibility index (Phi) is 3.85. The molecule has 94 valence electrons. The Morgan fingerprint density at radius 3 is 2.82 bits per heavy atom. The maximum atomic E-state index is 3.58. The molecule has 1 N–H and O–H groups in total. The van der Waals surface area contributed by atoms with E-state index >= 15 is 0 Å². The quantitative estimate of drug-likeness (QED) is 0.840. The highest BCUT2D eigenvalue weighted by Gasteiger charge is 2.25. The summed E-state index contributed by atoms with van der Waals surface area (Å²) in [5, 5.41) is 3.58. The van der Waals surface area contributed by atoms with Gasteiger partial charge in [-0.15, -0.1) is 0 Å². The second-order valence-corrected chi connectivity index (χ2v) is 5.42. The van der Waals surface area contributed by atoms with E-state index in [2.05, 4.69) is 56.2 Å². The normalized spacial score (nSPS) is 26.1. The van der Waals surface area contributed by atoms with Crippen molar-refractivity contribution in [3.8, 4) is 0 Å². The molecule has 0 saturated carbocycles. The molecule has 1 saturated heterocycles. The monoisotopic (exact) mass is 232 g/mol. The number of hydrogen-bond donors (Lipinski definition) is 1. The van der Waals surface area contributed by atoms with Gasteiger partial charge in [-0.25, -0.2) is 0 Å². The molecule has 0 radical (unpaired) electrons. The van der Waals surface area contributed by atoms with Crippen molar-refractivity contribution in [2.75, 3.05) is 20.1 Å². The van der Waals surface area contributed by atoms with E-state index in [1.54, 1.807) is 0 Å². The smallest absolute Gasteiger partial charge is 0.0284 e. The van der Waals surface area contributed by atoms with E-state index in [4.69, 9.17) is 0 Å². The summed E-state index contributed by atoms with van der Waals surface area (Å²) in [6.45, 7) is 8.96. The molecule has 1 aromatic rings. The maximum absolute atomic E-state index is 3.58. The van der Waals surface area contributed by atoms with Crippen LogP contribution in [0.4, 0.5) is 0 Å². The van der Waals surface area contributed by atoms with Crippen LogP contribution >= 0.6 is 0 Å². The van der Waals surface area contributed by atoms with Gasteiger partial charge in [0.1, 0.15) is 0 Å². The summed E-state index contributed by atoms with van der Waals surface area (Å²) < 4.78 is 0. The number of aryl methyl sites for hydroxylation is 2. The van der Waals surface area contributed by atoms with Crippen LogP contribution < -0.4 is 5.32 Å². The zero-order chi connectivity index (χ0) is 12.4. The first-order valence-electron chi connectivity index (χ1n) is 6.57. The van der Waals surface area contributed by atoms with Crippen molar-refractivity contribution in [3.63, 3.8) is 0 Å². The fraction of sp³-hybridized carbons (Fsp3) is 0.600. The Hall–Kier alpha value is -0.860. The van der Waals surface area contributed by atoms with E-state index in [9.17, 15) is 0 Å². The van der Waals surface area contributed by atoms with Crippen molar-refractivity contribution in [2.45, 2.75) is 39.3 Å².